The van der Waals surface area contributed by atoms with Gasteiger partial charge < -0.3 is 20.5 Å². The molecule has 0 aliphatic heterocycles. The Morgan fingerprint density at radius 1 is 1.43 bits per heavy atom. The van der Waals surface area contributed by atoms with E-state index in [1.807, 2.05) is 24.3 Å². The second kappa shape index (κ2) is 7.88. The van der Waals surface area contributed by atoms with E-state index in [0.717, 1.165) is 31.4 Å². The fraction of sp³-hybridized carbons (Fsp3) is 0.562. The highest BCUT2D eigenvalue weighted by atomic mass is 16.5. The minimum absolute atomic E-state index is 0.202. The van der Waals surface area contributed by atoms with E-state index >= 15 is 0 Å². The first-order valence-electron chi connectivity index (χ1n) is 7.63. The van der Waals surface area contributed by atoms with Crippen LogP contribution in [0.2, 0.25) is 0 Å². The van der Waals surface area contributed by atoms with Crippen LogP contribution in [0.25, 0.3) is 0 Å². The lowest BCUT2D eigenvalue weighted by Crippen LogP contribution is -2.32. The van der Waals surface area contributed by atoms with E-state index in [1.54, 1.807) is 0 Å². The number of nitrogens with one attached hydrogen (secondary N) is 2. The van der Waals surface area contributed by atoms with Crippen molar-refractivity contribution in [3.05, 3.63) is 24.3 Å². The van der Waals surface area contributed by atoms with Gasteiger partial charge in [0.05, 0.1) is 12.7 Å². The zero-order valence-corrected chi connectivity index (χ0v) is 12.5. The number of aliphatic hydroxyl groups is 1. The number of benzene rings is 1. The SMILES string of the molecule is CCCOc1cccc(NC(=O)NC[C@@H]2CC[C@@H](O)C2)c1. The zero-order chi connectivity index (χ0) is 15.1. The molecule has 1 aromatic carbocycles. The molecule has 5 heteroatoms. The van der Waals surface area contributed by atoms with E-state index in [4.69, 9.17) is 4.74 Å². The molecule has 2 atom stereocenters. The number of hydrogen-bond acceptors (Lipinski definition) is 3. The summed E-state index contributed by atoms with van der Waals surface area (Å²) in [5.74, 6) is 1.14. The van der Waals surface area contributed by atoms with Crippen molar-refractivity contribution in [1.82, 2.24) is 5.32 Å². The van der Waals surface area contributed by atoms with E-state index < -0.39 is 0 Å². The molecule has 2 rings (SSSR count). The lowest BCUT2D eigenvalue weighted by molar-refractivity contribution is 0.177. The zero-order valence-electron chi connectivity index (χ0n) is 12.5. The van der Waals surface area contributed by atoms with Gasteiger partial charge >= 0.3 is 6.03 Å². The third-order valence-electron chi connectivity index (χ3n) is 3.63. The smallest absolute Gasteiger partial charge is 0.319 e. The number of anilines is 1. The molecule has 116 valence electrons. The molecule has 21 heavy (non-hydrogen) atoms. The highest BCUT2D eigenvalue weighted by Crippen LogP contribution is 2.24. The maximum Gasteiger partial charge on any atom is 0.319 e. The highest BCUT2D eigenvalue weighted by molar-refractivity contribution is 5.89. The number of carbonyl (C=O) groups is 1. The van der Waals surface area contributed by atoms with Crippen molar-refractivity contribution in [2.24, 2.45) is 5.92 Å². The third-order valence-corrected chi connectivity index (χ3v) is 3.63. The molecular weight excluding hydrogens is 268 g/mol. The van der Waals surface area contributed by atoms with Crippen LogP contribution in [0.3, 0.4) is 0 Å². The van der Waals surface area contributed by atoms with E-state index in [9.17, 15) is 9.90 Å². The number of carbonyl (C=O) groups excluding carboxylic acids is 1. The Kier molecular flexibility index (Phi) is 5.87. The molecule has 0 heterocycles. The standard InChI is InChI=1S/C16H24N2O3/c1-2-8-21-15-5-3-4-13(10-15)18-16(20)17-11-12-6-7-14(19)9-12/h3-5,10,12,14,19H,2,6-9,11H2,1H3,(H2,17,18,20)/t12-,14-/m1/s1. The van der Waals surface area contributed by atoms with Crippen molar-refractivity contribution in [2.75, 3.05) is 18.5 Å². The molecule has 2 amide bonds. The lowest BCUT2D eigenvalue weighted by Gasteiger charge is -2.12. The van der Waals surface area contributed by atoms with E-state index in [0.29, 0.717) is 24.8 Å². The third kappa shape index (κ3) is 5.27. The largest absolute Gasteiger partial charge is 0.494 e. The van der Waals surface area contributed by atoms with Gasteiger partial charge in [0.25, 0.3) is 0 Å². The van der Waals surface area contributed by atoms with Gasteiger partial charge in [0.15, 0.2) is 0 Å². The first-order chi connectivity index (χ1) is 10.2. The summed E-state index contributed by atoms with van der Waals surface area (Å²) in [4.78, 5) is 11.9. The molecular formula is C16H24N2O3. The summed E-state index contributed by atoms with van der Waals surface area (Å²) in [6.07, 6.45) is 3.34. The summed E-state index contributed by atoms with van der Waals surface area (Å²) in [7, 11) is 0. The number of amides is 2. The fourth-order valence-electron chi connectivity index (χ4n) is 2.53. The van der Waals surface area contributed by atoms with E-state index in [-0.39, 0.29) is 12.1 Å². The Labute approximate surface area is 125 Å². The van der Waals surface area contributed by atoms with Crippen molar-refractivity contribution in [2.45, 2.75) is 38.7 Å². The normalized spacial score (nSPS) is 21.0. The summed E-state index contributed by atoms with van der Waals surface area (Å²) in [6, 6.07) is 7.16. The molecule has 1 aliphatic rings. The summed E-state index contributed by atoms with van der Waals surface area (Å²) in [5.41, 5.74) is 0.715. The molecule has 1 aromatic rings. The van der Waals surface area contributed by atoms with E-state index in [1.165, 1.54) is 0 Å². The van der Waals surface area contributed by atoms with Gasteiger partial charge in [-0.05, 0) is 43.7 Å². The van der Waals surface area contributed by atoms with Crippen LogP contribution in [0.1, 0.15) is 32.6 Å². The van der Waals surface area contributed by atoms with Gasteiger partial charge in [-0.25, -0.2) is 4.79 Å². The Morgan fingerprint density at radius 3 is 3.00 bits per heavy atom. The minimum Gasteiger partial charge on any atom is -0.494 e. The molecule has 0 aromatic heterocycles. The van der Waals surface area contributed by atoms with Gasteiger partial charge in [0.2, 0.25) is 0 Å². The van der Waals surface area contributed by atoms with Crippen LogP contribution >= 0.6 is 0 Å². The average molecular weight is 292 g/mol. The summed E-state index contributed by atoms with van der Waals surface area (Å²) >= 11 is 0. The Morgan fingerprint density at radius 2 is 2.29 bits per heavy atom. The highest BCUT2D eigenvalue weighted by Gasteiger charge is 2.22. The van der Waals surface area contributed by atoms with Crippen LogP contribution < -0.4 is 15.4 Å². The van der Waals surface area contributed by atoms with Crippen LogP contribution in [0.5, 0.6) is 5.75 Å². The van der Waals surface area contributed by atoms with E-state index in [2.05, 4.69) is 17.6 Å². The topological polar surface area (TPSA) is 70.6 Å². The fourth-order valence-corrected chi connectivity index (χ4v) is 2.53. The molecule has 1 fully saturated rings. The summed E-state index contributed by atoms with van der Waals surface area (Å²) in [5, 5.41) is 15.1. The lowest BCUT2D eigenvalue weighted by atomic mass is 10.1. The van der Waals surface area contributed by atoms with Gasteiger partial charge in [-0.2, -0.15) is 0 Å². The van der Waals surface area contributed by atoms with Crippen LogP contribution in [-0.4, -0.2) is 30.4 Å². The summed E-state index contributed by atoms with van der Waals surface area (Å²) < 4.78 is 5.53. The molecule has 0 saturated heterocycles. The van der Waals surface area contributed by atoms with Crippen LogP contribution in [0.4, 0.5) is 10.5 Å². The maximum atomic E-state index is 11.9. The van der Waals surface area contributed by atoms with Crippen molar-refractivity contribution < 1.29 is 14.6 Å². The molecule has 0 unspecified atom stereocenters. The van der Waals surface area contributed by atoms with Gasteiger partial charge in [-0.15, -0.1) is 0 Å². The van der Waals surface area contributed by atoms with Crippen LogP contribution in [-0.2, 0) is 0 Å². The molecule has 0 spiro atoms. The second-order valence-electron chi connectivity index (χ2n) is 5.54. The Balaban J connectivity index is 1.76. The van der Waals surface area contributed by atoms with Gasteiger partial charge in [0, 0.05) is 18.3 Å². The number of ether oxygens (including phenoxy) is 1. The van der Waals surface area contributed by atoms with Crippen LogP contribution in [0.15, 0.2) is 24.3 Å². The number of aliphatic hydroxyl groups excluding tert-OH is 1. The van der Waals surface area contributed by atoms with Crippen molar-refractivity contribution in [3.8, 4) is 5.75 Å². The average Bonchev–Trinajstić information content (AvgIpc) is 2.89. The Hall–Kier alpha value is -1.75. The number of rotatable bonds is 6. The second-order valence-corrected chi connectivity index (χ2v) is 5.54. The molecule has 1 aliphatic carbocycles. The van der Waals surface area contributed by atoms with Crippen molar-refractivity contribution in [1.29, 1.82) is 0 Å². The monoisotopic (exact) mass is 292 g/mol. The van der Waals surface area contributed by atoms with Gasteiger partial charge in [-0.1, -0.05) is 13.0 Å². The first-order valence-corrected chi connectivity index (χ1v) is 7.63. The predicted octanol–water partition coefficient (Wildman–Crippen LogP) is 2.76. The molecule has 5 nitrogen and oxygen atoms in total. The Bertz CT molecular complexity index is 465. The minimum atomic E-state index is -0.218. The van der Waals surface area contributed by atoms with Crippen molar-refractivity contribution in [3.63, 3.8) is 0 Å². The summed E-state index contributed by atoms with van der Waals surface area (Å²) in [6.45, 7) is 3.32. The van der Waals surface area contributed by atoms with Crippen LogP contribution in [0, 0.1) is 5.92 Å². The molecule has 1 saturated carbocycles. The quantitative estimate of drug-likeness (QED) is 0.755. The maximum absolute atomic E-state index is 11.9. The number of hydrogen-bond donors (Lipinski definition) is 3. The van der Waals surface area contributed by atoms with Gasteiger partial charge in [-0.3, -0.25) is 0 Å². The van der Waals surface area contributed by atoms with Crippen molar-refractivity contribution >= 4 is 11.7 Å². The molecule has 3 N–H and O–H groups in total. The number of urea groups is 1. The molecule has 0 radical (unpaired) electrons. The molecule has 0 bridgehead atoms. The predicted molar refractivity (Wildman–Crippen MR) is 82.6 cm³/mol. The first kappa shape index (κ1) is 15.6. The van der Waals surface area contributed by atoms with Gasteiger partial charge in [0.1, 0.15) is 5.75 Å².